The van der Waals surface area contributed by atoms with E-state index in [0.717, 1.165) is 37.8 Å². The highest BCUT2D eigenvalue weighted by Crippen LogP contribution is 2.32. The molecule has 3 aliphatic carbocycles. The van der Waals surface area contributed by atoms with Crippen LogP contribution < -0.4 is 10.6 Å². The number of nitrogens with one attached hydrogen (secondary N) is 2. The van der Waals surface area contributed by atoms with Gasteiger partial charge in [0.05, 0.1) is 5.54 Å². The van der Waals surface area contributed by atoms with Crippen LogP contribution in [0.15, 0.2) is 0 Å². The molecule has 0 unspecified atom stereocenters. The van der Waals surface area contributed by atoms with Gasteiger partial charge in [-0.25, -0.2) is 0 Å². The average Bonchev–Trinajstić information content (AvgIpc) is 3.23. The highest BCUT2D eigenvalue weighted by atomic mass is 16.2. The van der Waals surface area contributed by atoms with Crippen LogP contribution in [0, 0.1) is 11.8 Å². The fraction of sp³-hybridized carbons (Fsp3) is 0.944. The topological polar surface area (TPSA) is 41.1 Å². The van der Waals surface area contributed by atoms with E-state index in [1.54, 1.807) is 0 Å². The van der Waals surface area contributed by atoms with Gasteiger partial charge < -0.3 is 10.6 Å². The highest BCUT2D eigenvalue weighted by Gasteiger charge is 2.41. The minimum atomic E-state index is -0.233. The molecule has 3 nitrogen and oxygen atoms in total. The molecular weight excluding hydrogens is 260 g/mol. The van der Waals surface area contributed by atoms with Crippen molar-refractivity contribution in [2.24, 2.45) is 11.8 Å². The molecule has 0 aromatic carbocycles. The summed E-state index contributed by atoms with van der Waals surface area (Å²) in [7, 11) is 0. The normalized spacial score (nSPS) is 25.9. The molecule has 2 N–H and O–H groups in total. The Morgan fingerprint density at radius 2 is 1.62 bits per heavy atom. The molecular formula is C18H32N2O. The summed E-state index contributed by atoms with van der Waals surface area (Å²) in [5.74, 6) is 1.96. The zero-order valence-corrected chi connectivity index (χ0v) is 13.5. The second kappa shape index (κ2) is 7.13. The van der Waals surface area contributed by atoms with E-state index in [1.165, 1.54) is 64.2 Å². The van der Waals surface area contributed by atoms with E-state index in [4.69, 9.17) is 0 Å². The molecule has 0 saturated heterocycles. The average molecular weight is 292 g/mol. The Balaban J connectivity index is 1.44. The Bertz CT molecular complexity index is 339. The summed E-state index contributed by atoms with van der Waals surface area (Å²) >= 11 is 0. The van der Waals surface area contributed by atoms with Gasteiger partial charge in [-0.15, -0.1) is 0 Å². The van der Waals surface area contributed by atoms with Crippen molar-refractivity contribution < 1.29 is 4.79 Å². The van der Waals surface area contributed by atoms with Gasteiger partial charge in [0.15, 0.2) is 0 Å². The number of carbonyl (C=O) groups is 1. The van der Waals surface area contributed by atoms with Crippen LogP contribution in [0.25, 0.3) is 0 Å². The van der Waals surface area contributed by atoms with Gasteiger partial charge in [-0.1, -0.05) is 44.9 Å². The molecule has 1 amide bonds. The number of rotatable bonds is 7. The van der Waals surface area contributed by atoms with E-state index in [9.17, 15) is 4.79 Å². The van der Waals surface area contributed by atoms with Crippen LogP contribution in [0.3, 0.4) is 0 Å². The molecule has 0 aromatic rings. The molecule has 3 rings (SSSR count). The van der Waals surface area contributed by atoms with E-state index in [2.05, 4.69) is 10.6 Å². The van der Waals surface area contributed by atoms with Gasteiger partial charge in [-0.3, -0.25) is 4.79 Å². The van der Waals surface area contributed by atoms with Crippen LogP contribution in [0.5, 0.6) is 0 Å². The molecule has 0 spiro atoms. The van der Waals surface area contributed by atoms with Gasteiger partial charge in [0, 0.05) is 6.54 Å². The van der Waals surface area contributed by atoms with Crippen molar-refractivity contribution in [3.63, 3.8) is 0 Å². The lowest BCUT2D eigenvalue weighted by Crippen LogP contribution is -2.55. The predicted octanol–water partition coefficient (Wildman–Crippen LogP) is 3.39. The van der Waals surface area contributed by atoms with Crippen LogP contribution >= 0.6 is 0 Å². The first-order chi connectivity index (χ1) is 10.3. The van der Waals surface area contributed by atoms with Gasteiger partial charge in [0.2, 0.25) is 5.91 Å². The van der Waals surface area contributed by atoms with Crippen LogP contribution in [0.4, 0.5) is 0 Å². The Kier molecular flexibility index (Phi) is 5.20. The molecule has 21 heavy (non-hydrogen) atoms. The third-order valence-corrected chi connectivity index (χ3v) is 5.88. The summed E-state index contributed by atoms with van der Waals surface area (Å²) in [4.78, 5) is 12.6. The Labute approximate surface area is 129 Å². The van der Waals surface area contributed by atoms with Gasteiger partial charge >= 0.3 is 0 Å². The van der Waals surface area contributed by atoms with Crippen molar-refractivity contribution in [3.8, 4) is 0 Å². The minimum absolute atomic E-state index is 0.233. The van der Waals surface area contributed by atoms with Gasteiger partial charge in [-0.05, 0) is 50.5 Å². The minimum Gasteiger partial charge on any atom is -0.354 e. The second-order valence-electron chi connectivity index (χ2n) is 7.66. The first kappa shape index (κ1) is 15.3. The third kappa shape index (κ3) is 4.21. The molecule has 0 radical (unpaired) electrons. The Hall–Kier alpha value is -0.570. The molecule has 3 heteroatoms. The summed E-state index contributed by atoms with van der Waals surface area (Å²) in [6.07, 6.45) is 15.4. The number of hydrogen-bond donors (Lipinski definition) is 2. The first-order valence-electron chi connectivity index (χ1n) is 9.32. The van der Waals surface area contributed by atoms with Crippen molar-refractivity contribution in [2.75, 3.05) is 13.1 Å². The Morgan fingerprint density at radius 1 is 0.905 bits per heavy atom. The van der Waals surface area contributed by atoms with Gasteiger partial charge in [0.25, 0.3) is 0 Å². The predicted molar refractivity (Wildman–Crippen MR) is 86.1 cm³/mol. The summed E-state index contributed by atoms with van der Waals surface area (Å²) in [6.45, 7) is 1.94. The Morgan fingerprint density at radius 3 is 2.29 bits per heavy atom. The first-order valence-corrected chi connectivity index (χ1v) is 9.32. The van der Waals surface area contributed by atoms with Crippen molar-refractivity contribution in [3.05, 3.63) is 0 Å². The zero-order chi connectivity index (χ0) is 14.5. The largest absolute Gasteiger partial charge is 0.354 e. The molecule has 3 fully saturated rings. The summed E-state index contributed by atoms with van der Waals surface area (Å²) in [6, 6.07) is 0. The number of carbonyl (C=O) groups excluding carboxylic acids is 1. The standard InChI is InChI=1S/C18H32N2O/c21-17(19-14-16-8-9-16)18(11-4-5-12-18)20-13-10-15-6-2-1-3-7-15/h15-16,20H,1-14H2,(H,19,21). The van der Waals surface area contributed by atoms with Crippen molar-refractivity contribution in [2.45, 2.75) is 82.6 Å². The van der Waals surface area contributed by atoms with Crippen LogP contribution in [0.1, 0.15) is 77.0 Å². The van der Waals surface area contributed by atoms with Crippen LogP contribution in [-0.2, 0) is 4.79 Å². The third-order valence-electron chi connectivity index (χ3n) is 5.88. The molecule has 0 bridgehead atoms. The zero-order valence-electron chi connectivity index (χ0n) is 13.5. The lowest BCUT2D eigenvalue weighted by atomic mass is 9.86. The fourth-order valence-electron chi connectivity index (χ4n) is 4.18. The summed E-state index contributed by atoms with van der Waals surface area (Å²) < 4.78 is 0. The smallest absolute Gasteiger partial charge is 0.240 e. The number of amides is 1. The molecule has 0 atom stereocenters. The van der Waals surface area contributed by atoms with Crippen LogP contribution in [0.2, 0.25) is 0 Å². The molecule has 3 aliphatic rings. The SMILES string of the molecule is O=C(NCC1CC1)C1(NCCC2CCCCC2)CCCC1. The molecule has 120 valence electrons. The van der Waals surface area contributed by atoms with Crippen LogP contribution in [-0.4, -0.2) is 24.5 Å². The lowest BCUT2D eigenvalue weighted by Gasteiger charge is -2.30. The lowest BCUT2D eigenvalue weighted by molar-refractivity contribution is -0.127. The van der Waals surface area contributed by atoms with Gasteiger partial charge in [-0.2, -0.15) is 0 Å². The second-order valence-corrected chi connectivity index (χ2v) is 7.66. The maximum absolute atomic E-state index is 12.6. The van der Waals surface area contributed by atoms with Gasteiger partial charge in [0.1, 0.15) is 0 Å². The highest BCUT2D eigenvalue weighted by molar-refractivity contribution is 5.86. The summed E-state index contributed by atoms with van der Waals surface area (Å²) in [5.41, 5.74) is -0.233. The van der Waals surface area contributed by atoms with Crippen molar-refractivity contribution in [1.82, 2.24) is 10.6 Å². The van der Waals surface area contributed by atoms with E-state index in [1.807, 2.05) is 0 Å². The van der Waals surface area contributed by atoms with E-state index in [-0.39, 0.29) is 11.4 Å². The van der Waals surface area contributed by atoms with E-state index < -0.39 is 0 Å². The van der Waals surface area contributed by atoms with E-state index in [0.29, 0.717) is 0 Å². The monoisotopic (exact) mass is 292 g/mol. The van der Waals surface area contributed by atoms with Crippen molar-refractivity contribution in [1.29, 1.82) is 0 Å². The molecule has 0 aliphatic heterocycles. The molecule has 0 heterocycles. The van der Waals surface area contributed by atoms with Crippen molar-refractivity contribution >= 4 is 5.91 Å². The number of hydrogen-bond acceptors (Lipinski definition) is 2. The molecule has 3 saturated carbocycles. The summed E-state index contributed by atoms with van der Waals surface area (Å²) in [5, 5.41) is 6.89. The maximum Gasteiger partial charge on any atom is 0.240 e. The maximum atomic E-state index is 12.6. The molecule has 0 aromatic heterocycles. The fourth-order valence-corrected chi connectivity index (χ4v) is 4.18. The van der Waals surface area contributed by atoms with E-state index >= 15 is 0 Å². The quantitative estimate of drug-likeness (QED) is 0.755.